The fraction of sp³-hybridized carbons (Fsp3) is 0.708. The van der Waals surface area contributed by atoms with Gasteiger partial charge in [-0.15, -0.1) is 0 Å². The number of carbonyl (C=O) groups excluding carboxylic acids is 2. The molecule has 3 fully saturated rings. The number of halogens is 3. The quantitative estimate of drug-likeness (QED) is 0.686. The van der Waals surface area contributed by atoms with Gasteiger partial charge in [-0.25, -0.2) is 9.78 Å². The molecule has 0 aromatic carbocycles. The lowest BCUT2D eigenvalue weighted by Crippen LogP contribution is -2.53. The van der Waals surface area contributed by atoms with Crippen LogP contribution in [-0.4, -0.2) is 59.2 Å². The molecular weight excluding hydrogens is 449 g/mol. The highest BCUT2D eigenvalue weighted by Crippen LogP contribution is 2.53. The summed E-state index contributed by atoms with van der Waals surface area (Å²) in [5.41, 5.74) is -1.57. The van der Waals surface area contributed by atoms with E-state index in [1.54, 1.807) is 27.7 Å². The Bertz CT molecular complexity index is 977. The molecule has 2 unspecified atom stereocenters. The monoisotopic (exact) mass is 482 g/mol. The van der Waals surface area contributed by atoms with E-state index in [2.05, 4.69) is 10.3 Å². The number of alkyl halides is 3. The van der Waals surface area contributed by atoms with Gasteiger partial charge in [0.1, 0.15) is 11.4 Å². The van der Waals surface area contributed by atoms with E-state index in [0.717, 1.165) is 12.1 Å². The van der Waals surface area contributed by atoms with Crippen molar-refractivity contribution in [2.45, 2.75) is 77.7 Å². The summed E-state index contributed by atoms with van der Waals surface area (Å²) >= 11 is 0. The number of piperazine rings is 1. The Hall–Kier alpha value is -2.52. The zero-order valence-electron chi connectivity index (χ0n) is 20.3. The third-order valence-corrected chi connectivity index (χ3v) is 7.42. The molecule has 0 bridgehead atoms. The van der Waals surface area contributed by atoms with Gasteiger partial charge in [0, 0.05) is 31.4 Å². The van der Waals surface area contributed by atoms with Crippen molar-refractivity contribution < 1.29 is 27.5 Å². The maximum Gasteiger partial charge on any atom is 0.416 e. The average molecular weight is 483 g/mol. The van der Waals surface area contributed by atoms with Gasteiger partial charge in [0.05, 0.1) is 17.0 Å². The minimum absolute atomic E-state index is 0.000122. The maximum absolute atomic E-state index is 13.5. The number of fused-ring (bicyclic) bond motifs is 1. The van der Waals surface area contributed by atoms with Gasteiger partial charge in [0.2, 0.25) is 5.91 Å². The van der Waals surface area contributed by atoms with E-state index in [0.29, 0.717) is 50.4 Å². The van der Waals surface area contributed by atoms with Crippen molar-refractivity contribution >= 4 is 17.8 Å². The summed E-state index contributed by atoms with van der Waals surface area (Å²) in [6.07, 6.45) is -3.02. The summed E-state index contributed by atoms with van der Waals surface area (Å²) in [7, 11) is 0. The van der Waals surface area contributed by atoms with Crippen molar-refractivity contribution in [3.63, 3.8) is 0 Å². The SMILES string of the molecule is Cc1cc(C(F)(F)F)cc(N2CCN3C(=O)[C@]4(CC[C@@H](NC(=O)OC(C)(C)C)C4)C(C)C3C2)n1. The number of aromatic nitrogens is 1. The number of aryl methyl sites for hydroxylation is 1. The summed E-state index contributed by atoms with van der Waals surface area (Å²) < 4.78 is 45.3. The van der Waals surface area contributed by atoms with E-state index in [4.69, 9.17) is 4.74 Å². The number of anilines is 1. The zero-order chi connectivity index (χ0) is 25.1. The number of nitrogens with one attached hydrogen (secondary N) is 1. The Balaban J connectivity index is 1.49. The minimum Gasteiger partial charge on any atom is -0.444 e. The van der Waals surface area contributed by atoms with Gasteiger partial charge in [0.15, 0.2) is 0 Å². The highest BCUT2D eigenvalue weighted by atomic mass is 19.4. The van der Waals surface area contributed by atoms with Crippen LogP contribution in [0.1, 0.15) is 58.2 Å². The van der Waals surface area contributed by atoms with Crippen LogP contribution in [0, 0.1) is 18.3 Å². The summed E-state index contributed by atoms with van der Waals surface area (Å²) in [6.45, 7) is 10.3. The number of ether oxygens (including phenoxy) is 1. The lowest BCUT2D eigenvalue weighted by molar-refractivity contribution is -0.138. The first kappa shape index (κ1) is 24.6. The highest BCUT2D eigenvalue weighted by Gasteiger charge is 2.60. The van der Waals surface area contributed by atoms with Crippen LogP contribution < -0.4 is 10.2 Å². The van der Waals surface area contributed by atoms with Gasteiger partial charge >= 0.3 is 12.3 Å². The second-order valence-corrected chi connectivity index (χ2v) is 10.9. The molecule has 1 aromatic heterocycles. The molecule has 4 rings (SSSR count). The van der Waals surface area contributed by atoms with Crippen LogP contribution in [0.3, 0.4) is 0 Å². The van der Waals surface area contributed by atoms with Crippen molar-refractivity contribution in [1.82, 2.24) is 15.2 Å². The first-order valence-corrected chi connectivity index (χ1v) is 11.8. The standard InChI is InChI=1S/C24H33F3N4O3/c1-14-10-16(24(25,26)27)11-19(28-14)30-8-9-31-18(13-30)15(2)23(20(31)32)7-6-17(12-23)29-21(33)34-22(3,4)5/h10-11,15,17-18H,6-9,12-13H2,1-5H3,(H,29,33)/t15?,17-,18?,23+/m1/s1. The molecule has 1 saturated carbocycles. The number of rotatable bonds is 2. The summed E-state index contributed by atoms with van der Waals surface area (Å²) in [5.74, 6) is 0.384. The predicted octanol–water partition coefficient (Wildman–Crippen LogP) is 4.14. The van der Waals surface area contributed by atoms with Crippen LogP contribution in [0.4, 0.5) is 23.8 Å². The maximum atomic E-state index is 13.5. The van der Waals surface area contributed by atoms with Gasteiger partial charge in [-0.1, -0.05) is 6.92 Å². The van der Waals surface area contributed by atoms with Crippen LogP contribution in [0.2, 0.25) is 0 Å². The smallest absolute Gasteiger partial charge is 0.416 e. The van der Waals surface area contributed by atoms with Crippen LogP contribution in [0.15, 0.2) is 12.1 Å². The van der Waals surface area contributed by atoms with Crippen LogP contribution in [0.5, 0.6) is 0 Å². The van der Waals surface area contributed by atoms with Gasteiger partial charge in [0.25, 0.3) is 0 Å². The number of amides is 2. The molecule has 34 heavy (non-hydrogen) atoms. The molecule has 2 saturated heterocycles. The molecule has 2 aliphatic heterocycles. The lowest BCUT2D eigenvalue weighted by atomic mass is 9.74. The molecule has 1 spiro atoms. The summed E-state index contributed by atoms with van der Waals surface area (Å²) in [6, 6.07) is 1.88. The molecule has 3 heterocycles. The number of alkyl carbamates (subject to hydrolysis) is 1. The van der Waals surface area contributed by atoms with Crippen molar-refractivity contribution in [1.29, 1.82) is 0 Å². The molecule has 4 atom stereocenters. The molecule has 188 valence electrons. The Morgan fingerprint density at radius 1 is 1.24 bits per heavy atom. The number of hydrogen-bond donors (Lipinski definition) is 1. The van der Waals surface area contributed by atoms with E-state index in [1.165, 1.54) is 0 Å². The molecular formula is C24H33F3N4O3. The van der Waals surface area contributed by atoms with Crippen molar-refractivity contribution in [3.05, 3.63) is 23.4 Å². The van der Waals surface area contributed by atoms with E-state index in [9.17, 15) is 22.8 Å². The predicted molar refractivity (Wildman–Crippen MR) is 120 cm³/mol. The van der Waals surface area contributed by atoms with Gasteiger partial charge in [-0.3, -0.25) is 4.79 Å². The largest absolute Gasteiger partial charge is 0.444 e. The van der Waals surface area contributed by atoms with Crippen molar-refractivity contribution in [2.24, 2.45) is 11.3 Å². The van der Waals surface area contributed by atoms with E-state index < -0.39 is 28.8 Å². The second-order valence-electron chi connectivity index (χ2n) is 10.9. The Morgan fingerprint density at radius 3 is 2.59 bits per heavy atom. The molecule has 1 aliphatic carbocycles. The fourth-order valence-corrected chi connectivity index (χ4v) is 5.80. The first-order chi connectivity index (χ1) is 15.7. The topological polar surface area (TPSA) is 74.8 Å². The van der Waals surface area contributed by atoms with Gasteiger partial charge in [-0.2, -0.15) is 13.2 Å². The molecule has 3 aliphatic rings. The van der Waals surface area contributed by atoms with E-state index >= 15 is 0 Å². The zero-order valence-corrected chi connectivity index (χ0v) is 20.3. The fourth-order valence-electron chi connectivity index (χ4n) is 5.80. The number of pyridine rings is 1. The van der Waals surface area contributed by atoms with E-state index in [-0.39, 0.29) is 23.9 Å². The third-order valence-electron chi connectivity index (χ3n) is 7.42. The Labute approximate surface area is 198 Å². The average Bonchev–Trinajstić information content (AvgIpc) is 3.21. The minimum atomic E-state index is -4.44. The molecule has 0 radical (unpaired) electrons. The number of nitrogens with zero attached hydrogens (tertiary/aromatic N) is 3. The number of carbonyl (C=O) groups is 2. The molecule has 10 heteroatoms. The van der Waals surface area contributed by atoms with Crippen molar-refractivity contribution in [2.75, 3.05) is 24.5 Å². The van der Waals surface area contributed by atoms with Gasteiger partial charge in [-0.05, 0) is 65.0 Å². The highest BCUT2D eigenvalue weighted by molar-refractivity contribution is 5.87. The van der Waals surface area contributed by atoms with Crippen LogP contribution in [0.25, 0.3) is 0 Å². The van der Waals surface area contributed by atoms with Crippen LogP contribution in [-0.2, 0) is 15.7 Å². The molecule has 2 amide bonds. The first-order valence-electron chi connectivity index (χ1n) is 11.8. The molecule has 7 nitrogen and oxygen atoms in total. The Morgan fingerprint density at radius 2 is 1.94 bits per heavy atom. The number of hydrogen-bond acceptors (Lipinski definition) is 5. The van der Waals surface area contributed by atoms with Gasteiger partial charge < -0.3 is 19.9 Å². The van der Waals surface area contributed by atoms with E-state index in [1.807, 2.05) is 16.7 Å². The van der Waals surface area contributed by atoms with Crippen molar-refractivity contribution in [3.8, 4) is 0 Å². The summed E-state index contributed by atoms with van der Waals surface area (Å²) in [5, 5.41) is 2.91. The second kappa shape index (κ2) is 8.30. The van der Waals surface area contributed by atoms with Crippen LogP contribution >= 0.6 is 0 Å². The molecule has 1 N–H and O–H groups in total. The Kier molecular flexibility index (Phi) is 6.01. The molecule has 1 aromatic rings. The lowest BCUT2D eigenvalue weighted by Gasteiger charge is -2.39. The summed E-state index contributed by atoms with van der Waals surface area (Å²) in [4.78, 5) is 33.8. The normalized spacial score (nSPS) is 29.5. The third kappa shape index (κ3) is 4.55.